The number of hydrogen-bond acceptors (Lipinski definition) is 6. The molecule has 0 N–H and O–H groups in total. The average molecular weight is 424 g/mol. The van der Waals surface area contributed by atoms with Crippen LogP contribution in [0.3, 0.4) is 0 Å². The van der Waals surface area contributed by atoms with Crippen LogP contribution in [0, 0.1) is 12.7 Å². The first-order valence-corrected chi connectivity index (χ1v) is 10.00. The van der Waals surface area contributed by atoms with Gasteiger partial charge >= 0.3 is 10.9 Å². The van der Waals surface area contributed by atoms with E-state index in [1.165, 1.54) is 25.1 Å². The Morgan fingerprint density at radius 2 is 1.83 bits per heavy atom. The van der Waals surface area contributed by atoms with Crippen molar-refractivity contribution in [3.05, 3.63) is 81.8 Å². The zero-order valence-electron chi connectivity index (χ0n) is 16.2. The molecule has 0 amide bonds. The summed E-state index contributed by atoms with van der Waals surface area (Å²) >= 11 is 0.924. The summed E-state index contributed by atoms with van der Waals surface area (Å²) in [5.41, 5.74) is 2.98. The number of ether oxygens (including phenoxy) is 2. The van der Waals surface area contributed by atoms with Crippen LogP contribution in [0.4, 0.5) is 4.39 Å². The van der Waals surface area contributed by atoms with E-state index in [1.807, 2.05) is 31.2 Å². The van der Waals surface area contributed by atoms with Crippen LogP contribution in [-0.2, 0) is 4.79 Å². The molecule has 1 heterocycles. The molecule has 3 aromatic carbocycles. The van der Waals surface area contributed by atoms with Crippen LogP contribution in [0.25, 0.3) is 21.4 Å². The monoisotopic (exact) mass is 424 g/mol. The van der Waals surface area contributed by atoms with Crippen molar-refractivity contribution in [3.8, 4) is 22.6 Å². The molecule has 0 saturated carbocycles. The van der Waals surface area contributed by atoms with Gasteiger partial charge in [0.15, 0.2) is 23.3 Å². The number of carbonyl (C=O) groups excluding carboxylic acids is 1. The second kappa shape index (κ2) is 8.12. The lowest BCUT2D eigenvalue weighted by Crippen LogP contribution is -2.28. The predicted octanol–water partition coefficient (Wildman–Crippen LogP) is 5.34. The van der Waals surface area contributed by atoms with Crippen LogP contribution < -0.4 is 14.4 Å². The van der Waals surface area contributed by atoms with Crippen LogP contribution in [-0.4, -0.2) is 12.1 Å². The fourth-order valence-electron chi connectivity index (χ4n) is 2.94. The number of carbonyl (C=O) groups is 1. The predicted molar refractivity (Wildman–Crippen MR) is 113 cm³/mol. The van der Waals surface area contributed by atoms with Gasteiger partial charge < -0.3 is 13.9 Å². The van der Waals surface area contributed by atoms with Crippen LogP contribution in [0.1, 0.15) is 12.5 Å². The number of halogens is 1. The number of esters is 1. The van der Waals surface area contributed by atoms with Crippen molar-refractivity contribution >= 4 is 27.6 Å². The van der Waals surface area contributed by atoms with Gasteiger partial charge in [-0.1, -0.05) is 53.3 Å². The summed E-state index contributed by atoms with van der Waals surface area (Å²) < 4.78 is 30.5. The highest BCUT2D eigenvalue weighted by atomic mass is 32.1. The fraction of sp³-hybridized carbons (Fsp3) is 0.130. The third kappa shape index (κ3) is 4.11. The molecule has 0 radical (unpaired) electrons. The first kappa shape index (κ1) is 19.8. The number of rotatable bonds is 5. The Hall–Kier alpha value is -3.45. The molecule has 0 aliphatic carbocycles. The summed E-state index contributed by atoms with van der Waals surface area (Å²) in [5, 5.41) is 0. The molecule has 7 heteroatoms. The van der Waals surface area contributed by atoms with Crippen molar-refractivity contribution in [2.24, 2.45) is 0 Å². The van der Waals surface area contributed by atoms with E-state index in [4.69, 9.17) is 13.9 Å². The number of fused-ring (bicyclic) bond motifs is 1. The third-order valence-electron chi connectivity index (χ3n) is 4.46. The van der Waals surface area contributed by atoms with Gasteiger partial charge in [0, 0.05) is 11.6 Å². The second-order valence-electron chi connectivity index (χ2n) is 6.73. The van der Waals surface area contributed by atoms with Crippen molar-refractivity contribution in [1.29, 1.82) is 0 Å². The van der Waals surface area contributed by atoms with E-state index in [2.05, 4.69) is 0 Å². The molecule has 1 atom stereocenters. The maximum absolute atomic E-state index is 13.8. The zero-order valence-corrected chi connectivity index (χ0v) is 17.0. The Kier molecular flexibility index (Phi) is 5.37. The van der Waals surface area contributed by atoms with Gasteiger partial charge in [0.25, 0.3) is 0 Å². The first-order chi connectivity index (χ1) is 14.4. The van der Waals surface area contributed by atoms with Crippen molar-refractivity contribution < 1.29 is 23.1 Å². The quantitative estimate of drug-likeness (QED) is 0.320. The molecule has 0 fully saturated rings. The molecule has 30 heavy (non-hydrogen) atoms. The molecule has 0 aliphatic heterocycles. The van der Waals surface area contributed by atoms with Gasteiger partial charge in [-0.3, -0.25) is 0 Å². The standard InChI is InChI=1S/C23H17FO5S/c1-13-7-9-15(10-8-13)17-11-16(12-20-21(17)29-23(26)30-20)28-22(25)14(2)27-19-6-4-3-5-18(19)24/h3-12,14H,1-2H3/t14-/m1/s1. The van der Waals surface area contributed by atoms with E-state index in [0.29, 0.717) is 15.8 Å². The van der Waals surface area contributed by atoms with Gasteiger partial charge in [0.1, 0.15) is 5.75 Å². The molecule has 152 valence electrons. The minimum absolute atomic E-state index is 0.0363. The molecule has 1 aromatic heterocycles. The highest BCUT2D eigenvalue weighted by molar-refractivity contribution is 7.16. The van der Waals surface area contributed by atoms with Gasteiger partial charge in [-0.05, 0) is 37.6 Å². The van der Waals surface area contributed by atoms with Crippen molar-refractivity contribution in [2.45, 2.75) is 20.0 Å². The normalized spacial score (nSPS) is 12.0. The molecule has 0 spiro atoms. The zero-order chi connectivity index (χ0) is 21.3. The molecule has 0 aliphatic rings. The smallest absolute Gasteiger partial charge is 0.396 e. The SMILES string of the molecule is Cc1ccc(-c2cc(OC(=O)[C@@H](C)Oc3ccccc3F)cc3sc(=O)oc23)cc1. The number of para-hydroxylation sites is 1. The van der Waals surface area contributed by atoms with Gasteiger partial charge in [-0.25, -0.2) is 14.0 Å². The summed E-state index contributed by atoms with van der Waals surface area (Å²) in [6.07, 6.45) is -1.04. The summed E-state index contributed by atoms with van der Waals surface area (Å²) in [4.78, 5) is 23.9. The van der Waals surface area contributed by atoms with Crippen LogP contribution in [0.5, 0.6) is 11.5 Å². The van der Waals surface area contributed by atoms with Crippen LogP contribution in [0.2, 0.25) is 0 Å². The van der Waals surface area contributed by atoms with E-state index in [1.54, 1.807) is 18.2 Å². The lowest BCUT2D eigenvalue weighted by Gasteiger charge is -2.15. The Morgan fingerprint density at radius 1 is 1.10 bits per heavy atom. The topological polar surface area (TPSA) is 65.7 Å². The maximum atomic E-state index is 13.8. The van der Waals surface area contributed by atoms with Crippen molar-refractivity contribution in [3.63, 3.8) is 0 Å². The van der Waals surface area contributed by atoms with Gasteiger partial charge in [-0.15, -0.1) is 0 Å². The van der Waals surface area contributed by atoms with E-state index in [0.717, 1.165) is 22.5 Å². The number of hydrogen-bond donors (Lipinski definition) is 0. The van der Waals surface area contributed by atoms with E-state index in [9.17, 15) is 14.0 Å². The second-order valence-corrected chi connectivity index (χ2v) is 7.71. The summed E-state index contributed by atoms with van der Waals surface area (Å²) in [6, 6.07) is 16.7. The first-order valence-electron chi connectivity index (χ1n) is 9.18. The minimum Gasteiger partial charge on any atom is -0.476 e. The molecular weight excluding hydrogens is 407 g/mol. The summed E-state index contributed by atoms with van der Waals surface area (Å²) in [5.74, 6) is -1.05. The highest BCUT2D eigenvalue weighted by Crippen LogP contribution is 2.34. The van der Waals surface area contributed by atoms with E-state index < -0.39 is 22.8 Å². The molecule has 5 nitrogen and oxygen atoms in total. The number of benzene rings is 3. The van der Waals surface area contributed by atoms with Crippen LogP contribution in [0.15, 0.2) is 69.9 Å². The maximum Gasteiger partial charge on any atom is 0.396 e. The lowest BCUT2D eigenvalue weighted by atomic mass is 10.0. The number of aryl methyl sites for hydroxylation is 1. The van der Waals surface area contributed by atoms with Crippen molar-refractivity contribution in [2.75, 3.05) is 0 Å². The van der Waals surface area contributed by atoms with Crippen molar-refractivity contribution in [1.82, 2.24) is 0 Å². The minimum atomic E-state index is -1.04. The highest BCUT2D eigenvalue weighted by Gasteiger charge is 2.21. The summed E-state index contributed by atoms with van der Waals surface area (Å²) in [7, 11) is 0. The Morgan fingerprint density at radius 3 is 2.57 bits per heavy atom. The van der Waals surface area contributed by atoms with Crippen LogP contribution >= 0.6 is 11.3 Å². The third-order valence-corrected chi connectivity index (χ3v) is 5.23. The molecular formula is C23H17FO5S. The Labute approximate surface area is 175 Å². The molecule has 0 bridgehead atoms. The fourth-order valence-corrected chi connectivity index (χ4v) is 3.66. The molecule has 0 saturated heterocycles. The Balaban J connectivity index is 1.64. The lowest BCUT2D eigenvalue weighted by molar-refractivity contribution is -0.141. The van der Waals surface area contributed by atoms with E-state index >= 15 is 0 Å². The molecule has 4 rings (SSSR count). The van der Waals surface area contributed by atoms with Gasteiger partial charge in [-0.2, -0.15) is 0 Å². The van der Waals surface area contributed by atoms with Gasteiger partial charge in [0.2, 0.25) is 0 Å². The van der Waals surface area contributed by atoms with Gasteiger partial charge in [0.05, 0.1) is 4.70 Å². The molecule has 4 aromatic rings. The molecule has 0 unspecified atom stereocenters. The Bertz CT molecular complexity index is 1270. The average Bonchev–Trinajstić information content (AvgIpc) is 3.09. The largest absolute Gasteiger partial charge is 0.476 e. The summed E-state index contributed by atoms with van der Waals surface area (Å²) in [6.45, 7) is 3.45. The van der Waals surface area contributed by atoms with E-state index in [-0.39, 0.29) is 11.5 Å².